The molecule has 3 N–H and O–H groups in total. The monoisotopic (exact) mass is 384 g/mol. The van der Waals surface area contributed by atoms with Crippen LogP contribution in [-0.2, 0) is 15.6 Å². The Morgan fingerprint density at radius 3 is 2.19 bits per heavy atom. The van der Waals surface area contributed by atoms with Crippen LogP contribution >= 0.6 is 0 Å². The van der Waals surface area contributed by atoms with Crippen molar-refractivity contribution in [2.75, 3.05) is 5.75 Å². The van der Waals surface area contributed by atoms with E-state index in [9.17, 15) is 27.0 Å². The Balaban J connectivity index is 2.08. The van der Waals surface area contributed by atoms with Crippen LogP contribution in [-0.4, -0.2) is 27.8 Å². The van der Waals surface area contributed by atoms with Gasteiger partial charge in [-0.2, -0.15) is 0 Å². The fourth-order valence-electron chi connectivity index (χ4n) is 2.19. The summed E-state index contributed by atoms with van der Waals surface area (Å²) in [5, 5.41) is 2.09. The Morgan fingerprint density at radius 1 is 1.08 bits per heavy atom. The number of carbonyl (C=O) groups excluding carboxylic acids is 2. The molecule has 0 saturated heterocycles. The number of nitrogens with two attached hydrogens (primary N) is 1. The van der Waals surface area contributed by atoms with Crippen molar-refractivity contribution in [1.82, 2.24) is 5.32 Å². The predicted molar refractivity (Wildman–Crippen MR) is 89.1 cm³/mol. The lowest BCUT2D eigenvalue weighted by Gasteiger charge is -2.16. The van der Waals surface area contributed by atoms with Crippen LogP contribution in [0.2, 0.25) is 0 Å². The average Bonchev–Trinajstić information content (AvgIpc) is 2.57. The summed E-state index contributed by atoms with van der Waals surface area (Å²) in [6.45, 7) is 0. The van der Waals surface area contributed by atoms with E-state index in [4.69, 9.17) is 5.73 Å². The first-order chi connectivity index (χ1) is 12.3. The maximum absolute atomic E-state index is 13.6. The van der Waals surface area contributed by atoms with Crippen molar-refractivity contribution in [3.8, 4) is 0 Å². The van der Waals surface area contributed by atoms with Crippen molar-refractivity contribution >= 4 is 22.6 Å². The molecule has 0 spiro atoms. The second kappa shape index (κ2) is 8.61. The van der Waals surface area contributed by atoms with Gasteiger partial charge in [0.05, 0.1) is 10.8 Å². The first-order valence-electron chi connectivity index (χ1n) is 7.47. The maximum Gasteiger partial charge on any atom is 0.257 e. The van der Waals surface area contributed by atoms with E-state index < -0.39 is 51.7 Å². The van der Waals surface area contributed by atoms with E-state index in [0.29, 0.717) is 17.0 Å². The number of amides is 2. The number of benzene rings is 2. The molecular weight excluding hydrogens is 369 g/mol. The molecule has 5 nitrogen and oxygen atoms in total. The Labute approximate surface area is 149 Å². The van der Waals surface area contributed by atoms with E-state index in [2.05, 4.69) is 5.32 Å². The number of halogens is 3. The molecule has 2 aromatic carbocycles. The number of nitrogens with one attached hydrogen (secondary N) is 1. The third-order valence-corrected chi connectivity index (χ3v) is 4.89. The molecule has 9 heteroatoms. The molecule has 0 aromatic heterocycles. The van der Waals surface area contributed by atoms with E-state index in [1.54, 1.807) is 30.3 Å². The molecule has 2 rings (SSSR count). The van der Waals surface area contributed by atoms with Crippen molar-refractivity contribution in [2.45, 2.75) is 17.4 Å². The summed E-state index contributed by atoms with van der Waals surface area (Å²) in [5.74, 6) is -6.21. The molecule has 0 saturated carbocycles. The fraction of sp³-hybridized carbons (Fsp3) is 0.176. The van der Waals surface area contributed by atoms with Gasteiger partial charge in [0.15, 0.2) is 0 Å². The van der Waals surface area contributed by atoms with E-state index in [1.165, 1.54) is 0 Å². The number of carbonyl (C=O) groups is 2. The lowest BCUT2D eigenvalue weighted by molar-refractivity contribution is -0.119. The van der Waals surface area contributed by atoms with E-state index in [-0.39, 0.29) is 12.2 Å². The molecule has 0 aliphatic carbocycles. The third kappa shape index (κ3) is 4.92. The van der Waals surface area contributed by atoms with Crippen molar-refractivity contribution in [3.63, 3.8) is 0 Å². The van der Waals surface area contributed by atoms with Crippen LogP contribution in [0.15, 0.2) is 47.4 Å². The number of hydrogen-bond donors (Lipinski definition) is 2. The molecule has 0 bridgehead atoms. The van der Waals surface area contributed by atoms with Crippen LogP contribution in [0.1, 0.15) is 16.8 Å². The van der Waals surface area contributed by atoms with Gasteiger partial charge in [0.25, 0.3) is 5.91 Å². The van der Waals surface area contributed by atoms with Crippen molar-refractivity contribution in [1.29, 1.82) is 0 Å². The molecule has 2 amide bonds. The highest BCUT2D eigenvalue weighted by atomic mass is 32.2. The minimum Gasteiger partial charge on any atom is -0.368 e. The van der Waals surface area contributed by atoms with Crippen molar-refractivity contribution in [2.24, 2.45) is 5.73 Å². The normalized spacial score (nSPS) is 13.0. The zero-order chi connectivity index (χ0) is 19.3. The van der Waals surface area contributed by atoms with Crippen LogP contribution in [0.3, 0.4) is 0 Å². The molecule has 26 heavy (non-hydrogen) atoms. The van der Waals surface area contributed by atoms with E-state index >= 15 is 0 Å². The molecule has 2 aromatic rings. The molecule has 0 heterocycles. The van der Waals surface area contributed by atoms with Gasteiger partial charge in [-0.15, -0.1) is 0 Å². The van der Waals surface area contributed by atoms with Crippen molar-refractivity contribution < 1.29 is 27.0 Å². The van der Waals surface area contributed by atoms with Crippen molar-refractivity contribution in [3.05, 3.63) is 65.5 Å². The molecule has 0 radical (unpaired) electrons. The first kappa shape index (κ1) is 19.6. The van der Waals surface area contributed by atoms with E-state index in [0.717, 1.165) is 0 Å². The van der Waals surface area contributed by atoms with Crippen LogP contribution in [0.5, 0.6) is 0 Å². The zero-order valence-corrected chi connectivity index (χ0v) is 14.2. The Hall–Kier alpha value is -2.68. The van der Waals surface area contributed by atoms with Gasteiger partial charge < -0.3 is 11.1 Å². The largest absolute Gasteiger partial charge is 0.368 e. The SMILES string of the molecule is NC(=O)[C@H](CC[S@@](=O)c1ccccc1)NC(=O)c1c(F)cc(F)cc1F. The van der Waals surface area contributed by atoms with Gasteiger partial charge in [-0.1, -0.05) is 18.2 Å². The van der Waals surface area contributed by atoms with Crippen LogP contribution in [0.4, 0.5) is 13.2 Å². The summed E-state index contributed by atoms with van der Waals surface area (Å²) in [6, 6.07) is 7.82. The number of primary amides is 1. The standard InChI is InChI=1S/C17H15F3N2O3S/c18-10-8-12(19)15(13(20)9-10)17(24)22-14(16(21)23)6-7-26(25)11-4-2-1-3-5-11/h1-5,8-9,14H,6-7H2,(H2,21,23)(H,22,24)/t14-,26+/m0/s1. The summed E-state index contributed by atoms with van der Waals surface area (Å²) >= 11 is 0. The fourth-order valence-corrected chi connectivity index (χ4v) is 3.34. The molecule has 0 aliphatic heterocycles. The third-order valence-electron chi connectivity index (χ3n) is 3.48. The minimum atomic E-state index is -1.45. The maximum atomic E-state index is 13.6. The van der Waals surface area contributed by atoms with Gasteiger partial charge >= 0.3 is 0 Å². The Morgan fingerprint density at radius 2 is 1.65 bits per heavy atom. The molecule has 0 fully saturated rings. The number of rotatable bonds is 7. The molecule has 0 aliphatic rings. The van der Waals surface area contributed by atoms with Gasteiger partial charge in [0.1, 0.15) is 29.1 Å². The summed E-state index contributed by atoms with van der Waals surface area (Å²) in [4.78, 5) is 24.1. The quantitative estimate of drug-likeness (QED) is 0.764. The molecule has 0 unspecified atom stereocenters. The summed E-state index contributed by atoms with van der Waals surface area (Å²) in [7, 11) is -1.45. The second-order valence-corrected chi connectivity index (χ2v) is 6.89. The molecular formula is C17H15F3N2O3S. The topological polar surface area (TPSA) is 89.3 Å². The first-order valence-corrected chi connectivity index (χ1v) is 8.79. The van der Waals surface area contributed by atoms with Gasteiger partial charge in [-0.3, -0.25) is 13.8 Å². The second-order valence-electron chi connectivity index (χ2n) is 5.32. The summed E-state index contributed by atoms with van der Waals surface area (Å²) in [6.07, 6.45) is -0.104. The highest BCUT2D eigenvalue weighted by Gasteiger charge is 2.24. The molecule has 2 atom stereocenters. The summed E-state index contributed by atoms with van der Waals surface area (Å²) < 4.78 is 52.4. The highest BCUT2D eigenvalue weighted by molar-refractivity contribution is 7.85. The Kier molecular flexibility index (Phi) is 6.51. The Bertz CT molecular complexity index is 823. The zero-order valence-electron chi connectivity index (χ0n) is 13.4. The smallest absolute Gasteiger partial charge is 0.257 e. The minimum absolute atomic E-state index is 0.00766. The lowest BCUT2D eigenvalue weighted by atomic mass is 10.1. The lowest BCUT2D eigenvalue weighted by Crippen LogP contribution is -2.45. The summed E-state index contributed by atoms with van der Waals surface area (Å²) in [5.41, 5.74) is 4.16. The predicted octanol–water partition coefficient (Wildman–Crippen LogP) is 1.89. The van der Waals surface area contributed by atoms with E-state index in [1.807, 2.05) is 0 Å². The number of hydrogen-bond acceptors (Lipinski definition) is 3. The highest BCUT2D eigenvalue weighted by Crippen LogP contribution is 2.15. The molecule has 138 valence electrons. The van der Waals surface area contributed by atoms with Crippen LogP contribution in [0, 0.1) is 17.5 Å². The average molecular weight is 384 g/mol. The van der Waals surface area contributed by atoms with Gasteiger partial charge in [-0.05, 0) is 18.6 Å². The van der Waals surface area contributed by atoms with Gasteiger partial charge in [0, 0.05) is 22.8 Å². The van der Waals surface area contributed by atoms with Gasteiger partial charge in [0.2, 0.25) is 5.91 Å². The van der Waals surface area contributed by atoms with Crippen LogP contribution in [0.25, 0.3) is 0 Å². The van der Waals surface area contributed by atoms with Crippen LogP contribution < -0.4 is 11.1 Å². The van der Waals surface area contributed by atoms with Gasteiger partial charge in [-0.25, -0.2) is 13.2 Å².